The van der Waals surface area contributed by atoms with E-state index in [9.17, 15) is 18.0 Å². The van der Waals surface area contributed by atoms with E-state index in [1.54, 1.807) is 48.5 Å². The zero-order valence-corrected chi connectivity index (χ0v) is 16.3. The number of carbonyl (C=O) groups excluding carboxylic acids is 2. The first-order chi connectivity index (χ1) is 13.9. The van der Waals surface area contributed by atoms with Crippen molar-refractivity contribution in [2.24, 2.45) is 0 Å². The highest BCUT2D eigenvalue weighted by Gasteiger charge is 2.15. The second-order valence-electron chi connectivity index (χ2n) is 6.05. The van der Waals surface area contributed by atoms with Crippen LogP contribution in [0.3, 0.4) is 0 Å². The van der Waals surface area contributed by atoms with E-state index in [4.69, 9.17) is 0 Å². The molecule has 7 nitrogen and oxygen atoms in total. The maximum atomic E-state index is 12.6. The van der Waals surface area contributed by atoms with Gasteiger partial charge < -0.3 is 5.32 Å². The molecule has 2 N–H and O–H groups in total. The monoisotopic (exact) mass is 410 g/mol. The third-order valence-electron chi connectivity index (χ3n) is 4.04. The Morgan fingerprint density at radius 2 is 1.45 bits per heavy atom. The van der Waals surface area contributed by atoms with E-state index in [0.717, 1.165) is 0 Å². The topological polar surface area (TPSA) is 102 Å². The molecule has 0 unspecified atom stereocenters. The Bertz CT molecular complexity index is 1130. The second-order valence-corrected chi connectivity index (χ2v) is 7.69. The molecule has 0 aromatic heterocycles. The smallest absolute Gasteiger partial charge is 0.262 e. The minimum atomic E-state index is -3.79. The Labute approximate surface area is 168 Å². The molecule has 0 aliphatic rings. The molecule has 0 heterocycles. The molecule has 1 amide bonds. The average molecular weight is 410 g/mol. The Morgan fingerprint density at radius 1 is 0.793 bits per heavy atom. The quantitative estimate of drug-likeness (QED) is 0.461. The van der Waals surface area contributed by atoms with Crippen LogP contribution in [0.15, 0.2) is 83.8 Å². The van der Waals surface area contributed by atoms with Crippen LogP contribution in [0, 0.1) is 0 Å². The number of amides is 1. The van der Waals surface area contributed by atoms with Gasteiger partial charge in [0.25, 0.3) is 15.9 Å². The van der Waals surface area contributed by atoms with E-state index >= 15 is 0 Å². The van der Waals surface area contributed by atoms with Crippen molar-refractivity contribution in [1.82, 2.24) is 4.89 Å². The normalized spacial score (nSPS) is 11.1. The summed E-state index contributed by atoms with van der Waals surface area (Å²) >= 11 is 0. The minimum Gasteiger partial charge on any atom is -0.322 e. The van der Waals surface area contributed by atoms with Crippen LogP contribution in [0.1, 0.15) is 26.3 Å². The third kappa shape index (κ3) is 4.94. The van der Waals surface area contributed by atoms with Gasteiger partial charge in [-0.25, -0.2) is 8.42 Å². The number of anilines is 1. The molecule has 0 aliphatic carbocycles. The van der Waals surface area contributed by atoms with Crippen molar-refractivity contribution in [2.45, 2.75) is 4.90 Å². The fourth-order valence-corrected chi connectivity index (χ4v) is 3.45. The van der Waals surface area contributed by atoms with Crippen molar-refractivity contribution in [3.8, 4) is 0 Å². The number of carbonyl (C=O) groups is 2. The lowest BCUT2D eigenvalue weighted by molar-refractivity contribution is 0.102. The van der Waals surface area contributed by atoms with Crippen LogP contribution in [0.25, 0.3) is 0 Å². The summed E-state index contributed by atoms with van der Waals surface area (Å²) in [5, 5.41) is 2.71. The first kappa shape index (κ1) is 20.4. The number of hydrogen-bond acceptors (Lipinski definition) is 5. The van der Waals surface area contributed by atoms with E-state index in [-0.39, 0.29) is 16.2 Å². The molecule has 3 aromatic rings. The van der Waals surface area contributed by atoms with Gasteiger partial charge in [-0.3, -0.25) is 14.4 Å². The Morgan fingerprint density at radius 3 is 2.10 bits per heavy atom. The molecule has 0 radical (unpaired) electrons. The first-order valence-electron chi connectivity index (χ1n) is 8.57. The molecular formula is C21H18N2O5S. The van der Waals surface area contributed by atoms with E-state index in [1.165, 1.54) is 31.4 Å². The van der Waals surface area contributed by atoms with Crippen LogP contribution in [0.4, 0.5) is 5.69 Å². The van der Waals surface area contributed by atoms with Crippen molar-refractivity contribution in [1.29, 1.82) is 0 Å². The lowest BCUT2D eigenvalue weighted by Gasteiger charge is -2.08. The standard InChI is InChI=1S/C21H18N2O5S/c1-28-23-29(26,27)19-12-10-16(11-13-19)21(25)22-18-9-5-8-17(14-18)20(24)15-6-3-2-4-7-15/h2-14,23H,1H3,(H,22,25). The van der Waals surface area contributed by atoms with Crippen LogP contribution < -0.4 is 10.2 Å². The van der Waals surface area contributed by atoms with Gasteiger partial charge >= 0.3 is 0 Å². The first-order valence-corrected chi connectivity index (χ1v) is 10.0. The number of ketones is 1. The van der Waals surface area contributed by atoms with Gasteiger partial charge in [0.2, 0.25) is 0 Å². The van der Waals surface area contributed by atoms with Crippen molar-refractivity contribution >= 4 is 27.4 Å². The van der Waals surface area contributed by atoms with E-state index in [2.05, 4.69) is 10.2 Å². The molecule has 0 aliphatic heterocycles. The summed E-state index contributed by atoms with van der Waals surface area (Å²) in [5.74, 6) is -0.583. The molecule has 0 saturated carbocycles. The predicted octanol–water partition coefficient (Wildman–Crippen LogP) is 3.01. The molecule has 0 atom stereocenters. The van der Waals surface area contributed by atoms with Crippen LogP contribution in [0.5, 0.6) is 0 Å². The maximum Gasteiger partial charge on any atom is 0.262 e. The molecule has 0 bridgehead atoms. The largest absolute Gasteiger partial charge is 0.322 e. The van der Waals surface area contributed by atoms with Gasteiger partial charge in [0.05, 0.1) is 12.0 Å². The summed E-state index contributed by atoms with van der Waals surface area (Å²) in [4.78, 5) is 31.3. The summed E-state index contributed by atoms with van der Waals surface area (Å²) < 4.78 is 23.7. The Balaban J connectivity index is 1.75. The van der Waals surface area contributed by atoms with E-state index < -0.39 is 15.9 Å². The highest BCUT2D eigenvalue weighted by molar-refractivity contribution is 7.89. The summed E-state index contributed by atoms with van der Waals surface area (Å²) in [6.07, 6.45) is 0. The Hall–Kier alpha value is -3.33. The highest BCUT2D eigenvalue weighted by Crippen LogP contribution is 2.17. The van der Waals surface area contributed by atoms with E-state index in [1.807, 2.05) is 11.0 Å². The van der Waals surface area contributed by atoms with Crippen LogP contribution >= 0.6 is 0 Å². The second kappa shape index (κ2) is 8.78. The molecular weight excluding hydrogens is 392 g/mol. The molecule has 148 valence electrons. The molecule has 0 fully saturated rings. The number of sulfonamides is 1. The van der Waals surface area contributed by atoms with Crippen molar-refractivity contribution in [3.63, 3.8) is 0 Å². The Kier molecular flexibility index (Phi) is 6.18. The summed E-state index contributed by atoms with van der Waals surface area (Å²) in [6.45, 7) is 0. The summed E-state index contributed by atoms with van der Waals surface area (Å²) in [7, 11) is -2.60. The zero-order valence-electron chi connectivity index (χ0n) is 15.5. The fraction of sp³-hybridized carbons (Fsp3) is 0.0476. The summed E-state index contributed by atoms with van der Waals surface area (Å²) in [6, 6.07) is 20.8. The maximum absolute atomic E-state index is 12.6. The molecule has 0 saturated heterocycles. The van der Waals surface area contributed by atoms with Crippen molar-refractivity contribution in [3.05, 3.63) is 95.6 Å². The number of benzene rings is 3. The average Bonchev–Trinajstić information content (AvgIpc) is 2.74. The molecule has 0 spiro atoms. The van der Waals surface area contributed by atoms with Crippen LogP contribution in [-0.2, 0) is 14.9 Å². The van der Waals surface area contributed by atoms with Gasteiger partial charge in [0.15, 0.2) is 5.78 Å². The van der Waals surface area contributed by atoms with Gasteiger partial charge in [-0.1, -0.05) is 47.3 Å². The predicted molar refractivity (Wildman–Crippen MR) is 108 cm³/mol. The molecule has 3 aromatic carbocycles. The molecule has 29 heavy (non-hydrogen) atoms. The van der Waals surface area contributed by atoms with Crippen molar-refractivity contribution < 1.29 is 22.8 Å². The van der Waals surface area contributed by atoms with Gasteiger partial charge in [-0.2, -0.15) is 0 Å². The van der Waals surface area contributed by atoms with Crippen LogP contribution in [-0.4, -0.2) is 27.2 Å². The third-order valence-corrected chi connectivity index (χ3v) is 5.32. The molecule has 3 rings (SSSR count). The van der Waals surface area contributed by atoms with Crippen molar-refractivity contribution in [2.75, 3.05) is 12.4 Å². The number of hydrogen-bond donors (Lipinski definition) is 2. The van der Waals surface area contributed by atoms with E-state index in [0.29, 0.717) is 16.8 Å². The highest BCUT2D eigenvalue weighted by atomic mass is 32.2. The van der Waals surface area contributed by atoms with Gasteiger partial charge in [0, 0.05) is 22.4 Å². The fourth-order valence-electron chi connectivity index (χ4n) is 2.64. The zero-order chi connectivity index (χ0) is 20.9. The lowest BCUT2D eigenvalue weighted by Crippen LogP contribution is -2.22. The number of rotatable bonds is 7. The van der Waals surface area contributed by atoms with Gasteiger partial charge in [-0.15, -0.1) is 0 Å². The summed E-state index contributed by atoms with van der Waals surface area (Å²) in [5.41, 5.74) is 1.72. The lowest BCUT2D eigenvalue weighted by atomic mass is 10.0. The van der Waals surface area contributed by atoms with Gasteiger partial charge in [0.1, 0.15) is 0 Å². The molecule has 8 heteroatoms. The van der Waals surface area contributed by atoms with Gasteiger partial charge in [-0.05, 0) is 36.4 Å². The van der Waals surface area contributed by atoms with Crippen LogP contribution in [0.2, 0.25) is 0 Å². The number of nitrogens with one attached hydrogen (secondary N) is 2. The minimum absolute atomic E-state index is 0.0358. The SMILES string of the molecule is CONS(=O)(=O)c1ccc(C(=O)Nc2cccc(C(=O)c3ccccc3)c2)cc1.